The molecule has 0 spiro atoms. The van der Waals surface area contributed by atoms with Gasteiger partial charge in [-0.25, -0.2) is 0 Å². The molecule has 0 aromatic heterocycles. The Morgan fingerprint density at radius 3 is 2.32 bits per heavy atom. The number of hydrogen-bond donors (Lipinski definition) is 1. The zero-order chi connectivity index (χ0) is 16.6. The van der Waals surface area contributed by atoms with E-state index in [4.69, 9.17) is 4.74 Å². The molecule has 4 saturated carbocycles. The third-order valence-electron chi connectivity index (χ3n) is 7.64. The van der Waals surface area contributed by atoms with Crippen LogP contribution in [0.1, 0.15) is 71.1 Å². The lowest BCUT2D eigenvalue weighted by atomic mass is 9.49. The molecule has 1 N–H and O–H groups in total. The zero-order valence-corrected chi connectivity index (χ0v) is 16.7. The maximum absolute atomic E-state index is 10.3. The largest absolute Gasteiger partial charge is 1.00 e. The Kier molecular flexibility index (Phi) is 6.74. The van der Waals surface area contributed by atoms with Gasteiger partial charge in [0, 0.05) is 19.2 Å². The molecule has 0 aromatic rings. The van der Waals surface area contributed by atoms with E-state index in [1.807, 2.05) is 0 Å². The van der Waals surface area contributed by atoms with Crippen LogP contribution in [0, 0.1) is 23.2 Å². The van der Waals surface area contributed by atoms with Crippen LogP contribution in [0.15, 0.2) is 0 Å². The Hall–Kier alpha value is 0.170. The number of nitrogens with zero attached hydrogens (tertiary/aromatic N) is 1. The molecule has 2 unspecified atom stereocenters. The first-order valence-corrected chi connectivity index (χ1v) is 10.6. The molecule has 1 heterocycles. The maximum atomic E-state index is 10.3. The van der Waals surface area contributed by atoms with Crippen molar-refractivity contribution in [1.82, 2.24) is 4.90 Å². The van der Waals surface area contributed by atoms with E-state index < -0.39 is 0 Å². The van der Waals surface area contributed by atoms with E-state index in [9.17, 15) is 5.11 Å². The fourth-order valence-electron chi connectivity index (χ4n) is 6.86. The van der Waals surface area contributed by atoms with Gasteiger partial charge in [0.25, 0.3) is 0 Å². The van der Waals surface area contributed by atoms with Crippen molar-refractivity contribution in [2.24, 2.45) is 23.2 Å². The Bertz CT molecular complexity index is 395. The van der Waals surface area contributed by atoms with Gasteiger partial charge in [0.1, 0.15) is 0 Å². The number of rotatable bonds is 7. The summed E-state index contributed by atoms with van der Waals surface area (Å²) >= 11 is 0. The second-order valence-corrected chi connectivity index (χ2v) is 9.74. The van der Waals surface area contributed by atoms with Crippen LogP contribution < -0.4 is 12.4 Å². The quantitative estimate of drug-likeness (QED) is 0.674. The molecule has 146 valence electrons. The van der Waals surface area contributed by atoms with Gasteiger partial charge in [-0.3, -0.25) is 4.90 Å². The number of halogens is 1. The molecule has 0 radical (unpaired) electrons. The lowest BCUT2D eigenvalue weighted by Crippen LogP contribution is -3.00. The van der Waals surface area contributed by atoms with Crippen molar-refractivity contribution in [2.45, 2.75) is 83.3 Å². The Labute approximate surface area is 160 Å². The summed E-state index contributed by atoms with van der Waals surface area (Å²) < 4.78 is 5.93. The van der Waals surface area contributed by atoms with Gasteiger partial charge in [-0.15, -0.1) is 0 Å². The van der Waals surface area contributed by atoms with E-state index in [1.165, 1.54) is 64.2 Å². The van der Waals surface area contributed by atoms with E-state index >= 15 is 0 Å². The second kappa shape index (κ2) is 8.46. The highest BCUT2D eigenvalue weighted by molar-refractivity contribution is 5.01. The van der Waals surface area contributed by atoms with Crippen molar-refractivity contribution in [3.63, 3.8) is 0 Å². The average Bonchev–Trinajstić information content (AvgIpc) is 2.53. The summed E-state index contributed by atoms with van der Waals surface area (Å²) in [7, 11) is 0. The molecular formula is C21H37ClNO2-. The van der Waals surface area contributed by atoms with Crippen LogP contribution in [0.4, 0.5) is 0 Å². The van der Waals surface area contributed by atoms with E-state index in [2.05, 4.69) is 11.8 Å². The van der Waals surface area contributed by atoms with Crippen molar-refractivity contribution in [2.75, 3.05) is 26.3 Å². The highest BCUT2D eigenvalue weighted by Gasteiger charge is 2.50. The van der Waals surface area contributed by atoms with Gasteiger partial charge < -0.3 is 22.3 Å². The number of likely N-dealkylation sites (tertiary alicyclic amines) is 1. The van der Waals surface area contributed by atoms with Gasteiger partial charge >= 0.3 is 0 Å². The van der Waals surface area contributed by atoms with Crippen molar-refractivity contribution in [3.05, 3.63) is 0 Å². The Morgan fingerprint density at radius 1 is 1.08 bits per heavy atom. The van der Waals surface area contributed by atoms with E-state index in [-0.39, 0.29) is 18.5 Å². The monoisotopic (exact) mass is 370 g/mol. The molecule has 4 aliphatic carbocycles. The van der Waals surface area contributed by atoms with Gasteiger partial charge in [0.15, 0.2) is 0 Å². The average molecular weight is 371 g/mol. The third kappa shape index (κ3) is 4.72. The highest BCUT2D eigenvalue weighted by atomic mass is 35.5. The van der Waals surface area contributed by atoms with Crippen LogP contribution in [0.5, 0.6) is 0 Å². The van der Waals surface area contributed by atoms with Crippen molar-refractivity contribution in [3.8, 4) is 0 Å². The number of piperidine rings is 1. The van der Waals surface area contributed by atoms with Gasteiger partial charge in [-0.05, 0) is 94.4 Å². The summed E-state index contributed by atoms with van der Waals surface area (Å²) in [6.45, 7) is 5.61. The Morgan fingerprint density at radius 2 is 1.72 bits per heavy atom. The van der Waals surface area contributed by atoms with Gasteiger partial charge in [0.2, 0.25) is 0 Å². The van der Waals surface area contributed by atoms with Crippen LogP contribution in [0.25, 0.3) is 0 Å². The summed E-state index contributed by atoms with van der Waals surface area (Å²) in [5.41, 5.74) is 0.612. The topological polar surface area (TPSA) is 32.7 Å². The smallest absolute Gasteiger partial charge is 0.0900 e. The highest BCUT2D eigenvalue weighted by Crippen LogP contribution is 2.61. The Balaban J connectivity index is 0.00000182. The van der Waals surface area contributed by atoms with Gasteiger partial charge in [-0.2, -0.15) is 0 Å². The molecule has 1 aliphatic heterocycles. The fraction of sp³-hybridized carbons (Fsp3) is 1.00. The summed E-state index contributed by atoms with van der Waals surface area (Å²) in [6.07, 6.45) is 13.8. The van der Waals surface area contributed by atoms with Crippen LogP contribution in [-0.4, -0.2) is 48.5 Å². The maximum Gasteiger partial charge on any atom is 0.0900 e. The normalized spacial score (nSPS) is 41.5. The summed E-state index contributed by atoms with van der Waals surface area (Å²) in [4.78, 5) is 2.44. The molecule has 1 saturated heterocycles. The molecule has 5 fully saturated rings. The van der Waals surface area contributed by atoms with Crippen LogP contribution in [0.2, 0.25) is 0 Å². The van der Waals surface area contributed by atoms with Crippen LogP contribution >= 0.6 is 0 Å². The van der Waals surface area contributed by atoms with Crippen molar-refractivity contribution in [1.29, 1.82) is 0 Å². The van der Waals surface area contributed by atoms with E-state index in [0.717, 1.165) is 37.5 Å². The van der Waals surface area contributed by atoms with Gasteiger partial charge in [0.05, 0.1) is 12.7 Å². The molecule has 25 heavy (non-hydrogen) atoms. The molecule has 2 atom stereocenters. The number of aliphatic hydroxyl groups excluding tert-OH is 1. The van der Waals surface area contributed by atoms with Gasteiger partial charge in [-0.1, -0.05) is 6.42 Å². The number of ether oxygens (including phenoxy) is 1. The first kappa shape index (κ1) is 19.9. The molecular weight excluding hydrogens is 334 g/mol. The first-order valence-electron chi connectivity index (χ1n) is 10.6. The van der Waals surface area contributed by atoms with Crippen LogP contribution in [-0.2, 0) is 4.74 Å². The molecule has 5 aliphatic rings. The van der Waals surface area contributed by atoms with E-state index in [1.54, 1.807) is 0 Å². The minimum atomic E-state index is -0.318. The zero-order valence-electron chi connectivity index (χ0n) is 16.0. The molecule has 3 nitrogen and oxygen atoms in total. The predicted molar refractivity (Wildman–Crippen MR) is 96.9 cm³/mol. The first-order chi connectivity index (χ1) is 11.6. The summed E-state index contributed by atoms with van der Waals surface area (Å²) in [5.74, 6) is 3.09. The lowest BCUT2D eigenvalue weighted by molar-refractivity contribution is -0.0746. The second-order valence-electron chi connectivity index (χ2n) is 9.74. The minimum absolute atomic E-state index is 0. The molecule has 0 amide bonds. The summed E-state index contributed by atoms with van der Waals surface area (Å²) in [5, 5.41) is 10.3. The van der Waals surface area contributed by atoms with Crippen molar-refractivity contribution >= 4 is 0 Å². The standard InChI is InChI=1S/C21H37NO2.ClH/c1-16-4-2-3-6-22(16)14-20(23)15-24-7-5-21-11-17-8-18(12-21)10-19(9-17)13-21;/h16-20,23H,2-15H2,1H3;1H/p-1. The van der Waals surface area contributed by atoms with Crippen LogP contribution in [0.3, 0.4) is 0 Å². The molecule has 5 rings (SSSR count). The fourth-order valence-corrected chi connectivity index (χ4v) is 6.86. The lowest BCUT2D eigenvalue weighted by Gasteiger charge is -2.57. The van der Waals surface area contributed by atoms with E-state index in [0.29, 0.717) is 18.1 Å². The molecule has 4 heteroatoms. The SMILES string of the molecule is CC1CCCCN1CC(O)COCCC12CC3CC(CC(C3)C1)C2.[Cl-]. The number of β-amino-alcohol motifs (C(OH)–C–C–N with tert-alkyl or cyclic N) is 1. The van der Waals surface area contributed by atoms with Crippen molar-refractivity contribution < 1.29 is 22.3 Å². The minimum Gasteiger partial charge on any atom is -1.00 e. The number of hydrogen-bond acceptors (Lipinski definition) is 3. The molecule has 4 bridgehead atoms. The predicted octanol–water partition coefficient (Wildman–Crippen LogP) is 0.849. The molecule has 0 aromatic carbocycles. The third-order valence-corrected chi connectivity index (χ3v) is 7.64. The summed E-state index contributed by atoms with van der Waals surface area (Å²) in [6, 6.07) is 0.625. The number of aliphatic hydroxyl groups is 1.